The lowest BCUT2D eigenvalue weighted by Gasteiger charge is -2.20. The maximum absolute atomic E-state index is 12.1. The van der Waals surface area contributed by atoms with Crippen molar-refractivity contribution >= 4 is 6.03 Å². The fourth-order valence-corrected chi connectivity index (χ4v) is 3.54. The summed E-state index contributed by atoms with van der Waals surface area (Å²) in [5.74, 6) is 1.44. The minimum Gasteiger partial charge on any atom is -0.493 e. The first-order valence-corrected chi connectivity index (χ1v) is 10.2. The van der Waals surface area contributed by atoms with Gasteiger partial charge in [0.1, 0.15) is 18.2 Å². The molecule has 156 valence electrons. The molecule has 3 aromatic rings. The number of benzene rings is 2. The number of urea groups is 1. The zero-order valence-electron chi connectivity index (χ0n) is 17.2. The molecule has 7 heteroatoms. The van der Waals surface area contributed by atoms with E-state index in [9.17, 15) is 4.79 Å². The second kappa shape index (κ2) is 9.00. The van der Waals surface area contributed by atoms with Crippen molar-refractivity contribution in [1.29, 1.82) is 0 Å². The van der Waals surface area contributed by atoms with Gasteiger partial charge in [0.15, 0.2) is 0 Å². The first-order valence-electron chi connectivity index (χ1n) is 10.2. The maximum Gasteiger partial charge on any atom is 0.335 e. The quantitative estimate of drug-likeness (QED) is 0.617. The van der Waals surface area contributed by atoms with Crippen LogP contribution >= 0.6 is 0 Å². The van der Waals surface area contributed by atoms with Gasteiger partial charge in [0, 0.05) is 32.0 Å². The van der Waals surface area contributed by atoms with Crippen molar-refractivity contribution in [1.82, 2.24) is 20.3 Å². The van der Waals surface area contributed by atoms with Crippen LogP contribution in [-0.2, 0) is 12.8 Å². The average Bonchev–Trinajstić information content (AvgIpc) is 3.34. The number of ether oxygens (including phenoxy) is 1. The van der Waals surface area contributed by atoms with E-state index in [0.717, 1.165) is 29.0 Å². The van der Waals surface area contributed by atoms with E-state index in [1.54, 1.807) is 18.3 Å². The summed E-state index contributed by atoms with van der Waals surface area (Å²) in [6.07, 6.45) is 3.07. The maximum atomic E-state index is 12.1. The molecule has 1 aliphatic heterocycles. The number of oxazole rings is 1. The molecule has 1 fully saturated rings. The van der Waals surface area contributed by atoms with Crippen LogP contribution in [-0.4, -0.2) is 47.3 Å². The predicted octanol–water partition coefficient (Wildman–Crippen LogP) is 3.72. The zero-order valence-corrected chi connectivity index (χ0v) is 17.2. The van der Waals surface area contributed by atoms with Crippen molar-refractivity contribution in [2.45, 2.75) is 25.9 Å². The van der Waals surface area contributed by atoms with Gasteiger partial charge in [-0.15, -0.1) is 0 Å². The molecule has 1 aromatic heterocycles. The third-order valence-corrected chi connectivity index (χ3v) is 5.14. The molecular weight excluding hydrogens is 380 g/mol. The van der Waals surface area contributed by atoms with Crippen molar-refractivity contribution in [3.63, 3.8) is 0 Å². The number of likely N-dealkylation sites (N-methyl/N-ethyl adjacent to an activating group) is 1. The summed E-state index contributed by atoms with van der Waals surface area (Å²) in [7, 11) is 1.75. The molecule has 0 radical (unpaired) electrons. The van der Waals surface area contributed by atoms with Crippen molar-refractivity contribution < 1.29 is 13.9 Å². The lowest BCUT2D eigenvalue weighted by Crippen LogP contribution is -2.39. The molecule has 1 saturated heterocycles. The Morgan fingerprint density at radius 3 is 2.63 bits per heavy atom. The fraction of sp³-hybridized carbons (Fsp3) is 0.304. The topological polar surface area (TPSA) is 70.8 Å². The number of hydrazine groups is 1. The minimum atomic E-state index is -0.0229. The van der Waals surface area contributed by atoms with Crippen LogP contribution in [0.2, 0.25) is 0 Å². The molecule has 1 N–H and O–H groups in total. The van der Waals surface area contributed by atoms with Crippen LogP contribution in [0.4, 0.5) is 4.79 Å². The molecule has 30 heavy (non-hydrogen) atoms. The van der Waals surface area contributed by atoms with Crippen LogP contribution < -0.4 is 10.2 Å². The number of aromatic nitrogens is 1. The Kier molecular flexibility index (Phi) is 5.99. The highest BCUT2D eigenvalue weighted by molar-refractivity contribution is 5.75. The molecule has 2 heterocycles. The van der Waals surface area contributed by atoms with E-state index in [0.29, 0.717) is 25.5 Å². The number of rotatable bonds is 8. The van der Waals surface area contributed by atoms with E-state index < -0.39 is 0 Å². The molecule has 0 bridgehead atoms. The van der Waals surface area contributed by atoms with Gasteiger partial charge in [-0.2, -0.15) is 0 Å². The number of hydrogen-bond acceptors (Lipinski definition) is 5. The van der Waals surface area contributed by atoms with Crippen LogP contribution in [0.25, 0.3) is 11.5 Å². The van der Waals surface area contributed by atoms with Gasteiger partial charge in [-0.05, 0) is 36.8 Å². The monoisotopic (exact) mass is 406 g/mol. The van der Waals surface area contributed by atoms with Crippen molar-refractivity contribution in [2.24, 2.45) is 0 Å². The number of nitrogens with zero attached hydrogens (tertiary/aromatic N) is 3. The van der Waals surface area contributed by atoms with E-state index >= 15 is 0 Å². The minimum absolute atomic E-state index is 0.00531. The van der Waals surface area contributed by atoms with Gasteiger partial charge in [-0.1, -0.05) is 30.3 Å². The predicted molar refractivity (Wildman–Crippen MR) is 114 cm³/mol. The van der Waals surface area contributed by atoms with Gasteiger partial charge >= 0.3 is 6.03 Å². The van der Waals surface area contributed by atoms with E-state index in [2.05, 4.69) is 10.4 Å². The van der Waals surface area contributed by atoms with Crippen LogP contribution in [0.3, 0.4) is 0 Å². The van der Waals surface area contributed by atoms with Gasteiger partial charge in [-0.25, -0.2) is 15.2 Å². The average molecular weight is 406 g/mol. The molecule has 1 atom stereocenters. The first kappa shape index (κ1) is 20.0. The zero-order chi connectivity index (χ0) is 20.9. The molecule has 2 aromatic carbocycles. The summed E-state index contributed by atoms with van der Waals surface area (Å²) < 4.78 is 11.4. The number of nitrogens with one attached hydrogen (secondary N) is 1. The van der Waals surface area contributed by atoms with E-state index in [1.165, 1.54) is 0 Å². The van der Waals surface area contributed by atoms with E-state index in [-0.39, 0.29) is 12.2 Å². The van der Waals surface area contributed by atoms with Gasteiger partial charge in [0.2, 0.25) is 5.89 Å². The number of carbonyl (C=O) groups excluding carboxylic acids is 1. The van der Waals surface area contributed by atoms with Gasteiger partial charge in [0.05, 0.1) is 12.3 Å². The SMILES string of the molecule is CCN1C(=O)N(C)N[C@H]1Cc1ccc(OCCc2coc(-c3ccccc3)n2)cc1. The van der Waals surface area contributed by atoms with Gasteiger partial charge in [0.25, 0.3) is 0 Å². The lowest BCUT2D eigenvalue weighted by molar-refractivity contribution is 0.193. The number of amides is 2. The van der Waals surface area contributed by atoms with Crippen molar-refractivity contribution in [3.05, 3.63) is 72.1 Å². The first-order chi connectivity index (χ1) is 14.6. The highest BCUT2D eigenvalue weighted by Crippen LogP contribution is 2.20. The molecule has 4 rings (SSSR count). The second-order valence-corrected chi connectivity index (χ2v) is 7.23. The Morgan fingerprint density at radius 1 is 1.13 bits per heavy atom. The molecule has 1 aliphatic rings. The standard InChI is InChI=1S/C23H26N4O3/c1-3-27-21(25-26(2)23(27)28)15-17-9-11-20(12-10-17)29-14-13-19-16-30-22(24-19)18-7-5-4-6-8-18/h4-12,16,21,25H,3,13-15H2,1-2H3/t21-/m1/s1. The summed E-state index contributed by atoms with van der Waals surface area (Å²) in [5, 5.41) is 1.54. The summed E-state index contributed by atoms with van der Waals surface area (Å²) in [4.78, 5) is 18.4. The number of carbonyl (C=O) groups is 1. The summed E-state index contributed by atoms with van der Waals surface area (Å²) in [5.41, 5.74) is 6.17. The molecule has 2 amide bonds. The van der Waals surface area contributed by atoms with Crippen LogP contribution in [0.15, 0.2) is 65.3 Å². The Labute approximate surface area is 176 Å². The van der Waals surface area contributed by atoms with Crippen LogP contribution in [0.5, 0.6) is 5.75 Å². The molecular formula is C23H26N4O3. The van der Waals surface area contributed by atoms with Crippen LogP contribution in [0.1, 0.15) is 18.2 Å². The number of hydrogen-bond donors (Lipinski definition) is 1. The summed E-state index contributed by atoms with van der Waals surface area (Å²) in [6.45, 7) is 3.18. The molecule has 0 spiro atoms. The van der Waals surface area contributed by atoms with E-state index in [4.69, 9.17) is 9.15 Å². The molecule has 0 unspecified atom stereocenters. The molecule has 7 nitrogen and oxygen atoms in total. The summed E-state index contributed by atoms with van der Waals surface area (Å²) in [6, 6.07) is 17.9. The van der Waals surface area contributed by atoms with Gasteiger partial charge in [-0.3, -0.25) is 5.01 Å². The fourth-order valence-electron chi connectivity index (χ4n) is 3.54. The Bertz CT molecular complexity index is 972. The van der Waals surface area contributed by atoms with Crippen molar-refractivity contribution in [3.8, 4) is 17.2 Å². The Morgan fingerprint density at radius 2 is 1.90 bits per heavy atom. The second-order valence-electron chi connectivity index (χ2n) is 7.23. The van der Waals surface area contributed by atoms with Crippen LogP contribution in [0, 0.1) is 0 Å². The molecule has 0 aliphatic carbocycles. The molecule has 0 saturated carbocycles. The normalized spacial score (nSPS) is 16.3. The van der Waals surface area contributed by atoms with E-state index in [1.807, 2.05) is 66.4 Å². The lowest BCUT2D eigenvalue weighted by atomic mass is 10.1. The Hall–Kier alpha value is -3.32. The third-order valence-electron chi connectivity index (χ3n) is 5.14. The summed E-state index contributed by atoms with van der Waals surface area (Å²) >= 11 is 0. The van der Waals surface area contributed by atoms with Crippen molar-refractivity contribution in [2.75, 3.05) is 20.2 Å². The van der Waals surface area contributed by atoms with Gasteiger partial charge < -0.3 is 14.1 Å². The smallest absolute Gasteiger partial charge is 0.335 e. The highest BCUT2D eigenvalue weighted by Gasteiger charge is 2.33. The largest absolute Gasteiger partial charge is 0.493 e. The highest BCUT2D eigenvalue weighted by atomic mass is 16.5. The third kappa shape index (κ3) is 4.46. The Balaban J connectivity index is 1.27.